The predicted molar refractivity (Wildman–Crippen MR) is 49.1 cm³/mol. The first-order valence-electron chi connectivity index (χ1n) is 5.09. The van der Waals surface area contributed by atoms with Gasteiger partial charge >= 0.3 is 0 Å². The van der Waals surface area contributed by atoms with Crippen molar-refractivity contribution < 1.29 is 9.90 Å². The Labute approximate surface area is 78.5 Å². The molecule has 2 aliphatic carbocycles. The Balaban J connectivity index is 1.79. The van der Waals surface area contributed by atoms with E-state index in [1.165, 1.54) is 19.3 Å². The summed E-state index contributed by atoms with van der Waals surface area (Å²) in [5, 5.41) is 11.6. The fourth-order valence-electron chi connectivity index (χ4n) is 2.29. The Morgan fingerprint density at radius 1 is 1.69 bits per heavy atom. The van der Waals surface area contributed by atoms with Crippen molar-refractivity contribution in [2.24, 2.45) is 11.3 Å². The molecule has 2 unspecified atom stereocenters. The van der Waals surface area contributed by atoms with E-state index < -0.39 is 0 Å². The largest absolute Gasteiger partial charge is 0.394 e. The Hall–Kier alpha value is -0.570. The smallest absolute Gasteiger partial charge is 0.223 e. The monoisotopic (exact) mass is 183 g/mol. The number of amides is 1. The van der Waals surface area contributed by atoms with Crippen molar-refractivity contribution in [2.45, 2.75) is 38.6 Å². The highest BCUT2D eigenvalue weighted by atomic mass is 16.3. The van der Waals surface area contributed by atoms with Crippen molar-refractivity contribution in [3.8, 4) is 0 Å². The molecule has 0 aromatic carbocycles. The average Bonchev–Trinajstić information content (AvgIpc) is 2.77. The maximum Gasteiger partial charge on any atom is 0.223 e. The van der Waals surface area contributed by atoms with Crippen molar-refractivity contribution in [3.05, 3.63) is 0 Å². The summed E-state index contributed by atoms with van der Waals surface area (Å²) in [7, 11) is 0. The van der Waals surface area contributed by atoms with Crippen molar-refractivity contribution in [1.29, 1.82) is 0 Å². The minimum absolute atomic E-state index is 0.0332. The highest BCUT2D eigenvalue weighted by molar-refractivity contribution is 5.83. The molecule has 0 aliphatic heterocycles. The number of hydrogen-bond donors (Lipinski definition) is 2. The lowest BCUT2D eigenvalue weighted by atomic mass is 9.79. The molecule has 1 spiro atoms. The molecule has 3 heteroatoms. The van der Waals surface area contributed by atoms with Gasteiger partial charge in [0.15, 0.2) is 0 Å². The highest BCUT2D eigenvalue weighted by Crippen LogP contribution is 2.65. The quantitative estimate of drug-likeness (QED) is 0.675. The van der Waals surface area contributed by atoms with Gasteiger partial charge in [-0.3, -0.25) is 4.79 Å². The second kappa shape index (κ2) is 2.98. The zero-order valence-electron chi connectivity index (χ0n) is 8.05. The van der Waals surface area contributed by atoms with E-state index in [4.69, 9.17) is 5.11 Å². The number of carbonyl (C=O) groups excluding carboxylic acids is 1. The van der Waals surface area contributed by atoms with E-state index in [1.807, 2.05) is 6.92 Å². The van der Waals surface area contributed by atoms with Crippen molar-refractivity contribution in [2.75, 3.05) is 6.61 Å². The second-order valence-corrected chi connectivity index (χ2v) is 4.56. The van der Waals surface area contributed by atoms with Crippen molar-refractivity contribution in [3.63, 3.8) is 0 Å². The van der Waals surface area contributed by atoms with Gasteiger partial charge < -0.3 is 10.4 Å². The molecule has 0 radical (unpaired) electrons. The van der Waals surface area contributed by atoms with Crippen LogP contribution in [0.2, 0.25) is 0 Å². The Bertz CT molecular complexity index is 223. The van der Waals surface area contributed by atoms with Crippen LogP contribution in [0.4, 0.5) is 0 Å². The number of aliphatic hydroxyl groups excluding tert-OH is 1. The number of nitrogens with one attached hydrogen (secondary N) is 1. The number of carbonyl (C=O) groups is 1. The zero-order valence-corrected chi connectivity index (χ0v) is 8.05. The van der Waals surface area contributed by atoms with Crippen LogP contribution in [0, 0.1) is 11.3 Å². The van der Waals surface area contributed by atoms with Crippen LogP contribution in [0.5, 0.6) is 0 Å². The molecule has 0 saturated heterocycles. The van der Waals surface area contributed by atoms with E-state index in [0.717, 1.165) is 6.42 Å². The van der Waals surface area contributed by atoms with Gasteiger partial charge in [0.05, 0.1) is 6.61 Å². The second-order valence-electron chi connectivity index (χ2n) is 4.56. The van der Waals surface area contributed by atoms with Gasteiger partial charge in [-0.15, -0.1) is 0 Å². The van der Waals surface area contributed by atoms with E-state index in [0.29, 0.717) is 5.41 Å². The lowest BCUT2D eigenvalue weighted by Crippen LogP contribution is -2.37. The Kier molecular flexibility index (Phi) is 2.06. The number of rotatable bonds is 3. The molecule has 2 saturated carbocycles. The predicted octanol–water partition coefficient (Wildman–Crippen LogP) is 0.674. The molecule has 74 valence electrons. The summed E-state index contributed by atoms with van der Waals surface area (Å²) in [5.74, 6) is 0.413. The van der Waals surface area contributed by atoms with Crippen LogP contribution in [0.3, 0.4) is 0 Å². The standard InChI is InChI=1S/C10H17NO2/c1-7(6-12)11-9(13)8-5-10(8)3-2-4-10/h7-8,12H,2-6H2,1H3,(H,11,13). The minimum Gasteiger partial charge on any atom is -0.394 e. The third kappa shape index (κ3) is 1.46. The topological polar surface area (TPSA) is 49.3 Å². The summed E-state index contributed by atoms with van der Waals surface area (Å²) in [6.45, 7) is 1.86. The normalized spacial score (nSPS) is 30.8. The van der Waals surface area contributed by atoms with Gasteiger partial charge in [0.25, 0.3) is 0 Å². The maximum absolute atomic E-state index is 11.6. The molecule has 0 heterocycles. The van der Waals surface area contributed by atoms with Crippen LogP contribution in [0.1, 0.15) is 32.6 Å². The summed E-state index contributed by atoms with van der Waals surface area (Å²) < 4.78 is 0. The van der Waals surface area contributed by atoms with Crippen LogP contribution in [-0.4, -0.2) is 23.7 Å². The third-order valence-corrected chi connectivity index (χ3v) is 3.52. The molecule has 13 heavy (non-hydrogen) atoms. The average molecular weight is 183 g/mol. The van der Waals surface area contributed by atoms with Gasteiger partial charge in [-0.05, 0) is 31.6 Å². The minimum atomic E-state index is -0.0924. The van der Waals surface area contributed by atoms with E-state index in [-0.39, 0.29) is 24.5 Å². The first kappa shape index (κ1) is 9.00. The SMILES string of the molecule is CC(CO)NC(=O)C1CC12CCC2. The molecule has 0 aromatic heterocycles. The van der Waals surface area contributed by atoms with E-state index >= 15 is 0 Å². The van der Waals surface area contributed by atoms with Crippen LogP contribution < -0.4 is 5.32 Å². The van der Waals surface area contributed by atoms with Crippen LogP contribution in [-0.2, 0) is 4.79 Å². The zero-order chi connectivity index (χ0) is 9.47. The molecule has 2 atom stereocenters. The van der Waals surface area contributed by atoms with E-state index in [9.17, 15) is 4.79 Å². The molecule has 1 amide bonds. The molecular weight excluding hydrogens is 166 g/mol. The van der Waals surface area contributed by atoms with Crippen LogP contribution in [0.25, 0.3) is 0 Å². The third-order valence-electron chi connectivity index (χ3n) is 3.52. The first-order valence-corrected chi connectivity index (χ1v) is 5.09. The van der Waals surface area contributed by atoms with E-state index in [2.05, 4.69) is 5.32 Å². The summed E-state index contributed by atoms with van der Waals surface area (Å²) in [6.07, 6.45) is 4.84. The van der Waals surface area contributed by atoms with Gasteiger partial charge in [-0.2, -0.15) is 0 Å². The molecule has 2 fully saturated rings. The summed E-state index contributed by atoms with van der Waals surface area (Å²) >= 11 is 0. The fourth-order valence-corrected chi connectivity index (χ4v) is 2.29. The number of hydrogen-bond acceptors (Lipinski definition) is 2. The molecular formula is C10H17NO2. The lowest BCUT2D eigenvalue weighted by Gasteiger charge is -2.26. The van der Waals surface area contributed by atoms with Gasteiger partial charge in [0.1, 0.15) is 0 Å². The molecule has 2 N–H and O–H groups in total. The molecule has 0 bridgehead atoms. The van der Waals surface area contributed by atoms with Crippen molar-refractivity contribution >= 4 is 5.91 Å². The van der Waals surface area contributed by atoms with Crippen molar-refractivity contribution in [1.82, 2.24) is 5.32 Å². The first-order chi connectivity index (χ1) is 6.18. The van der Waals surface area contributed by atoms with Crippen LogP contribution in [0.15, 0.2) is 0 Å². The Morgan fingerprint density at radius 2 is 2.38 bits per heavy atom. The number of aliphatic hydroxyl groups is 1. The summed E-state index contributed by atoms with van der Waals surface area (Å²) in [4.78, 5) is 11.6. The molecule has 3 nitrogen and oxygen atoms in total. The van der Waals surface area contributed by atoms with Gasteiger partial charge in [0.2, 0.25) is 5.91 Å². The lowest BCUT2D eigenvalue weighted by molar-refractivity contribution is -0.124. The highest BCUT2D eigenvalue weighted by Gasteiger charge is 2.60. The van der Waals surface area contributed by atoms with Gasteiger partial charge in [0, 0.05) is 12.0 Å². The Morgan fingerprint density at radius 3 is 2.77 bits per heavy atom. The summed E-state index contributed by atoms with van der Waals surface area (Å²) in [6, 6.07) is -0.0924. The van der Waals surface area contributed by atoms with E-state index in [1.54, 1.807) is 0 Å². The van der Waals surface area contributed by atoms with Gasteiger partial charge in [-0.25, -0.2) is 0 Å². The molecule has 2 rings (SSSR count). The molecule has 0 aromatic rings. The van der Waals surface area contributed by atoms with Gasteiger partial charge in [-0.1, -0.05) is 6.42 Å². The summed E-state index contributed by atoms with van der Waals surface area (Å²) in [5.41, 5.74) is 0.402. The fraction of sp³-hybridized carbons (Fsp3) is 0.900. The maximum atomic E-state index is 11.6. The van der Waals surface area contributed by atoms with Crippen LogP contribution >= 0.6 is 0 Å². The molecule has 2 aliphatic rings.